The van der Waals surface area contributed by atoms with Crippen molar-refractivity contribution in [3.63, 3.8) is 0 Å². The normalized spacial score (nSPS) is 17.4. The van der Waals surface area contributed by atoms with Crippen molar-refractivity contribution in [2.24, 2.45) is 4.99 Å². The Balaban J connectivity index is 2.04. The molecule has 27 heavy (non-hydrogen) atoms. The molecule has 1 aliphatic rings. The number of hydrogen-bond acceptors (Lipinski definition) is 2. The van der Waals surface area contributed by atoms with E-state index in [9.17, 15) is 4.79 Å². The Bertz CT molecular complexity index is 833. The molecule has 2 aromatic rings. The van der Waals surface area contributed by atoms with Crippen LogP contribution in [-0.4, -0.2) is 9.86 Å². The number of nitrogens with zero attached hydrogens (tertiary/aromatic N) is 2. The fourth-order valence-electron chi connectivity index (χ4n) is 3.90. The first-order valence-electron chi connectivity index (χ1n) is 10.2. The van der Waals surface area contributed by atoms with Gasteiger partial charge in [0.15, 0.2) is 0 Å². The van der Waals surface area contributed by atoms with E-state index in [1.807, 2.05) is 18.2 Å². The second-order valence-electron chi connectivity index (χ2n) is 8.72. The van der Waals surface area contributed by atoms with Crippen molar-refractivity contribution in [2.45, 2.75) is 83.6 Å². The molecule has 1 saturated carbocycles. The number of rotatable bonds is 5. The Morgan fingerprint density at radius 1 is 1.19 bits per heavy atom. The van der Waals surface area contributed by atoms with E-state index in [-0.39, 0.29) is 11.4 Å². The van der Waals surface area contributed by atoms with E-state index < -0.39 is 5.41 Å². The zero-order valence-electron chi connectivity index (χ0n) is 17.1. The summed E-state index contributed by atoms with van der Waals surface area (Å²) in [5.41, 5.74) is 1.92. The molecule has 1 amide bonds. The van der Waals surface area contributed by atoms with Crippen molar-refractivity contribution in [1.82, 2.24) is 3.96 Å². The maximum absolute atomic E-state index is 13.5. The Morgan fingerprint density at radius 2 is 1.85 bits per heavy atom. The Hall–Kier alpha value is -1.68. The van der Waals surface area contributed by atoms with Gasteiger partial charge in [0.2, 0.25) is 0 Å². The van der Waals surface area contributed by atoms with Crippen molar-refractivity contribution in [3.8, 4) is 0 Å². The number of hydrogen-bond donors (Lipinski definition) is 0. The van der Waals surface area contributed by atoms with Crippen LogP contribution in [0.15, 0.2) is 41.5 Å². The van der Waals surface area contributed by atoms with Crippen LogP contribution in [0.1, 0.15) is 77.3 Å². The third-order valence-corrected chi connectivity index (χ3v) is 6.97. The first-order valence-corrected chi connectivity index (χ1v) is 11.0. The molecule has 1 fully saturated rings. The summed E-state index contributed by atoms with van der Waals surface area (Å²) in [6.45, 7) is 8.79. The second kappa shape index (κ2) is 8.14. The largest absolute Gasteiger partial charge is 0.298 e. The Kier molecular flexibility index (Phi) is 6.05. The number of aromatic nitrogens is 1. The van der Waals surface area contributed by atoms with Crippen LogP contribution in [0.25, 0.3) is 0 Å². The quantitative estimate of drug-likeness (QED) is 0.662. The van der Waals surface area contributed by atoms with Crippen LogP contribution < -0.4 is 4.67 Å². The highest BCUT2D eigenvalue weighted by atomic mass is 32.1. The zero-order valence-corrected chi connectivity index (χ0v) is 17.9. The predicted molar refractivity (Wildman–Crippen MR) is 113 cm³/mol. The number of unbranched alkanes of at least 4 members (excludes halogenated alkanes) is 1. The van der Waals surface area contributed by atoms with Gasteiger partial charge in [-0.2, -0.15) is 0 Å². The molecule has 1 aliphatic carbocycles. The number of benzene rings is 1. The minimum absolute atomic E-state index is 0.00687. The minimum Gasteiger partial charge on any atom is -0.298 e. The van der Waals surface area contributed by atoms with Gasteiger partial charge in [0.25, 0.3) is 5.91 Å². The highest BCUT2D eigenvalue weighted by molar-refractivity contribution is 7.04. The number of aryl methyl sites for hydroxylation is 1. The van der Waals surface area contributed by atoms with Gasteiger partial charge >= 0.3 is 0 Å². The molecule has 0 aliphatic heterocycles. The average Bonchev–Trinajstić information content (AvgIpc) is 3.28. The van der Waals surface area contributed by atoms with Gasteiger partial charge in [0.1, 0.15) is 4.67 Å². The summed E-state index contributed by atoms with van der Waals surface area (Å²) < 4.78 is 3.15. The van der Waals surface area contributed by atoms with Gasteiger partial charge in [0, 0.05) is 17.3 Å². The van der Waals surface area contributed by atoms with Gasteiger partial charge in [-0.15, -0.1) is 0 Å². The predicted octanol–water partition coefficient (Wildman–Crippen LogP) is 5.59. The van der Waals surface area contributed by atoms with Crippen LogP contribution in [0.3, 0.4) is 0 Å². The van der Waals surface area contributed by atoms with Crippen molar-refractivity contribution < 1.29 is 4.79 Å². The smallest absolute Gasteiger partial charge is 0.257 e. The van der Waals surface area contributed by atoms with Crippen molar-refractivity contribution in [3.05, 3.63) is 52.3 Å². The monoisotopic (exact) mass is 384 g/mol. The fourth-order valence-corrected chi connectivity index (χ4v) is 4.93. The first kappa shape index (κ1) is 20.1. The fraction of sp³-hybridized carbons (Fsp3) is 0.565. The van der Waals surface area contributed by atoms with E-state index in [0.29, 0.717) is 0 Å². The van der Waals surface area contributed by atoms with Gasteiger partial charge < -0.3 is 0 Å². The lowest BCUT2D eigenvalue weighted by molar-refractivity contribution is -0.123. The molecule has 0 spiro atoms. The number of amides is 1. The first-order chi connectivity index (χ1) is 12.9. The van der Waals surface area contributed by atoms with E-state index in [0.717, 1.165) is 55.2 Å². The Morgan fingerprint density at radius 3 is 2.44 bits per heavy atom. The lowest BCUT2D eigenvalue weighted by Crippen LogP contribution is -2.33. The van der Waals surface area contributed by atoms with E-state index in [1.165, 1.54) is 5.56 Å². The van der Waals surface area contributed by atoms with Crippen molar-refractivity contribution in [1.29, 1.82) is 0 Å². The number of carbonyl (C=O) groups excluding carboxylic acids is 1. The summed E-state index contributed by atoms with van der Waals surface area (Å²) >= 11 is 1.63. The molecule has 146 valence electrons. The highest BCUT2D eigenvalue weighted by Crippen LogP contribution is 2.42. The van der Waals surface area contributed by atoms with Gasteiger partial charge in [-0.1, -0.05) is 56.5 Å². The molecule has 1 aromatic carbocycles. The third kappa shape index (κ3) is 4.26. The summed E-state index contributed by atoms with van der Waals surface area (Å²) in [4.78, 5) is 18.2. The van der Waals surface area contributed by atoms with Gasteiger partial charge in [-0.25, -0.2) is 4.99 Å². The molecule has 3 nitrogen and oxygen atoms in total. The molecule has 0 radical (unpaired) electrons. The molecule has 0 N–H and O–H groups in total. The lowest BCUT2D eigenvalue weighted by atomic mass is 9.78. The van der Waals surface area contributed by atoms with Gasteiger partial charge in [0.05, 0.1) is 5.41 Å². The average molecular weight is 385 g/mol. The van der Waals surface area contributed by atoms with Crippen LogP contribution in [0.5, 0.6) is 0 Å². The maximum Gasteiger partial charge on any atom is 0.257 e. The second-order valence-corrected chi connectivity index (χ2v) is 9.69. The molecule has 0 unspecified atom stereocenters. The minimum atomic E-state index is -0.431. The molecule has 3 rings (SSSR count). The highest BCUT2D eigenvalue weighted by Gasteiger charge is 2.42. The standard InChI is InChI=1S/C23H32N2OS/c1-5-6-12-18-17-25(22(2,3)4)27-20(18)24-21(26)23(15-10-11-16-23)19-13-8-7-9-14-19/h7-9,13-14,17H,5-6,10-12,15-16H2,1-4H3/b24-20-. The summed E-state index contributed by atoms with van der Waals surface area (Å²) in [7, 11) is 0. The molecule has 1 heterocycles. The zero-order chi connectivity index (χ0) is 19.5. The van der Waals surface area contributed by atoms with Crippen LogP contribution in [0.2, 0.25) is 0 Å². The van der Waals surface area contributed by atoms with Crippen molar-refractivity contribution in [2.75, 3.05) is 0 Å². The summed E-state index contributed by atoms with van der Waals surface area (Å²) in [6, 6.07) is 10.3. The van der Waals surface area contributed by atoms with Gasteiger partial charge in [-0.3, -0.25) is 8.75 Å². The molecular weight excluding hydrogens is 352 g/mol. The van der Waals surface area contributed by atoms with Gasteiger partial charge in [-0.05, 0) is 63.6 Å². The van der Waals surface area contributed by atoms with Crippen LogP contribution in [0.4, 0.5) is 0 Å². The molecule has 1 aromatic heterocycles. The van der Waals surface area contributed by atoms with E-state index in [2.05, 4.69) is 50.0 Å². The van der Waals surface area contributed by atoms with Crippen LogP contribution >= 0.6 is 11.5 Å². The SMILES string of the molecule is CCCCc1cn(C(C)(C)C)s/c1=N\C(=O)C1(c2ccccc2)CCCC1. The van der Waals surface area contributed by atoms with E-state index in [1.54, 1.807) is 11.5 Å². The van der Waals surface area contributed by atoms with E-state index in [4.69, 9.17) is 4.99 Å². The maximum atomic E-state index is 13.5. The molecule has 0 saturated heterocycles. The molecular formula is C23H32N2OS. The van der Waals surface area contributed by atoms with E-state index >= 15 is 0 Å². The topological polar surface area (TPSA) is 34.4 Å². The lowest BCUT2D eigenvalue weighted by Gasteiger charge is -2.25. The summed E-state index contributed by atoms with van der Waals surface area (Å²) in [5, 5.41) is 0. The molecule has 0 atom stereocenters. The third-order valence-electron chi connectivity index (χ3n) is 5.59. The van der Waals surface area contributed by atoms with Crippen molar-refractivity contribution >= 4 is 17.4 Å². The number of carbonyl (C=O) groups is 1. The molecule has 0 bridgehead atoms. The summed E-state index contributed by atoms with van der Waals surface area (Å²) in [6.07, 6.45) is 9.49. The molecule has 4 heteroatoms. The Labute approximate surface area is 167 Å². The van der Waals surface area contributed by atoms with Crippen LogP contribution in [-0.2, 0) is 22.2 Å². The summed E-state index contributed by atoms with van der Waals surface area (Å²) in [5.74, 6) is 0.0480. The van der Waals surface area contributed by atoms with Crippen LogP contribution in [0, 0.1) is 0 Å².